The van der Waals surface area contributed by atoms with Gasteiger partial charge in [0.05, 0.1) is 7.11 Å². The number of methoxy groups -OCH3 is 1. The Morgan fingerprint density at radius 1 is 1.47 bits per heavy atom. The molecule has 0 saturated carbocycles. The van der Waals surface area contributed by atoms with Crippen LogP contribution in [0.5, 0.6) is 5.75 Å². The Kier molecular flexibility index (Phi) is 6.12. The van der Waals surface area contributed by atoms with Crippen LogP contribution in [-0.4, -0.2) is 33.6 Å². The summed E-state index contributed by atoms with van der Waals surface area (Å²) in [5, 5.41) is 0.207. The van der Waals surface area contributed by atoms with Crippen LogP contribution in [0.3, 0.4) is 0 Å². The number of thioether (sulfide) groups is 1. The first-order valence-corrected chi connectivity index (χ1v) is 8.61. The topological polar surface area (TPSA) is 81.4 Å². The first kappa shape index (κ1) is 16.3. The Balaban J connectivity index is 3.05. The molecule has 5 nitrogen and oxygen atoms in total. The molecule has 108 valence electrons. The van der Waals surface area contributed by atoms with Crippen molar-refractivity contribution in [2.75, 3.05) is 19.9 Å². The lowest BCUT2D eigenvalue weighted by Crippen LogP contribution is -2.29. The molecule has 0 heterocycles. The molecular formula is C12H20N2O3S2. The van der Waals surface area contributed by atoms with Gasteiger partial charge in [0.1, 0.15) is 10.6 Å². The minimum Gasteiger partial charge on any atom is -0.495 e. The van der Waals surface area contributed by atoms with E-state index in [9.17, 15) is 8.42 Å². The molecule has 0 radical (unpaired) electrons. The Labute approximate surface area is 119 Å². The zero-order valence-corrected chi connectivity index (χ0v) is 13.0. The highest BCUT2D eigenvalue weighted by atomic mass is 32.2. The molecule has 0 saturated heterocycles. The van der Waals surface area contributed by atoms with Crippen molar-refractivity contribution in [3.05, 3.63) is 23.8 Å². The van der Waals surface area contributed by atoms with Gasteiger partial charge in [0.15, 0.2) is 0 Å². The summed E-state index contributed by atoms with van der Waals surface area (Å²) >= 11 is 1.60. The van der Waals surface area contributed by atoms with Crippen molar-refractivity contribution in [2.45, 2.75) is 23.6 Å². The van der Waals surface area contributed by atoms with Crippen molar-refractivity contribution in [2.24, 2.45) is 5.73 Å². The van der Waals surface area contributed by atoms with Crippen LogP contribution >= 0.6 is 11.8 Å². The summed E-state index contributed by atoms with van der Waals surface area (Å²) in [4.78, 5) is 0.131. The number of ether oxygens (including phenoxy) is 1. The molecule has 0 aliphatic carbocycles. The summed E-state index contributed by atoms with van der Waals surface area (Å²) in [6.45, 7) is 2.62. The lowest BCUT2D eigenvalue weighted by atomic mass is 10.2. The Bertz CT molecular complexity index is 518. The standard InChI is InChI=1S/C12H20N2O3S2/c1-9(18-3)8-14-19(15,16)12-6-10(7-13)4-5-11(12)17-2/h4-6,9,14H,7-8,13H2,1-3H3. The minimum absolute atomic E-state index is 0.131. The minimum atomic E-state index is -3.58. The molecule has 19 heavy (non-hydrogen) atoms. The van der Waals surface area contributed by atoms with Gasteiger partial charge in [0, 0.05) is 18.3 Å². The molecule has 7 heteroatoms. The monoisotopic (exact) mass is 304 g/mol. The number of nitrogens with one attached hydrogen (secondary N) is 1. The van der Waals surface area contributed by atoms with Gasteiger partial charge in [-0.25, -0.2) is 13.1 Å². The van der Waals surface area contributed by atoms with Crippen LogP contribution in [0.2, 0.25) is 0 Å². The van der Waals surface area contributed by atoms with E-state index in [-0.39, 0.29) is 16.7 Å². The van der Waals surface area contributed by atoms with Crippen molar-refractivity contribution in [1.82, 2.24) is 4.72 Å². The summed E-state index contributed by atoms with van der Waals surface area (Å²) in [6.07, 6.45) is 1.94. The molecule has 1 aromatic carbocycles. The van der Waals surface area contributed by atoms with Crippen LogP contribution < -0.4 is 15.2 Å². The van der Waals surface area contributed by atoms with Crippen LogP contribution in [-0.2, 0) is 16.6 Å². The molecule has 0 fully saturated rings. The van der Waals surface area contributed by atoms with E-state index in [1.165, 1.54) is 7.11 Å². The van der Waals surface area contributed by atoms with E-state index < -0.39 is 10.0 Å². The number of nitrogens with two attached hydrogens (primary N) is 1. The summed E-state index contributed by atoms with van der Waals surface area (Å²) in [6, 6.07) is 4.92. The predicted octanol–water partition coefficient (Wildman–Crippen LogP) is 1.18. The average molecular weight is 304 g/mol. The molecule has 1 atom stereocenters. The summed E-state index contributed by atoms with van der Waals surface area (Å²) in [5.74, 6) is 0.321. The van der Waals surface area contributed by atoms with E-state index in [4.69, 9.17) is 10.5 Å². The Morgan fingerprint density at radius 3 is 2.68 bits per heavy atom. The molecule has 3 N–H and O–H groups in total. The quantitative estimate of drug-likeness (QED) is 0.790. The van der Waals surface area contributed by atoms with E-state index in [1.54, 1.807) is 30.0 Å². The maximum atomic E-state index is 12.3. The van der Waals surface area contributed by atoms with E-state index in [1.807, 2.05) is 13.2 Å². The number of sulfonamides is 1. The van der Waals surface area contributed by atoms with Crippen molar-refractivity contribution in [1.29, 1.82) is 0 Å². The number of rotatable bonds is 7. The maximum absolute atomic E-state index is 12.3. The van der Waals surface area contributed by atoms with Gasteiger partial charge >= 0.3 is 0 Å². The SMILES string of the molecule is COc1ccc(CN)cc1S(=O)(=O)NCC(C)SC. The fourth-order valence-electron chi connectivity index (χ4n) is 1.45. The highest BCUT2D eigenvalue weighted by molar-refractivity contribution is 7.99. The van der Waals surface area contributed by atoms with Crippen molar-refractivity contribution in [3.8, 4) is 5.75 Å². The van der Waals surface area contributed by atoms with Gasteiger partial charge in [-0.15, -0.1) is 0 Å². The number of hydrogen-bond donors (Lipinski definition) is 2. The molecule has 1 rings (SSSR count). The van der Waals surface area contributed by atoms with Crippen LogP contribution in [0.4, 0.5) is 0 Å². The molecule has 0 amide bonds. The van der Waals surface area contributed by atoms with Crippen LogP contribution in [0.15, 0.2) is 23.1 Å². The normalized spacial score (nSPS) is 13.3. The molecule has 0 spiro atoms. The smallest absolute Gasteiger partial charge is 0.244 e. The second-order valence-corrected chi connectivity index (χ2v) is 7.10. The Hall–Kier alpha value is -0.760. The highest BCUT2D eigenvalue weighted by Crippen LogP contribution is 2.24. The fourth-order valence-corrected chi connectivity index (χ4v) is 3.15. The number of hydrogen-bond acceptors (Lipinski definition) is 5. The van der Waals surface area contributed by atoms with Gasteiger partial charge in [-0.2, -0.15) is 11.8 Å². The van der Waals surface area contributed by atoms with E-state index >= 15 is 0 Å². The van der Waals surface area contributed by atoms with Gasteiger partial charge in [-0.1, -0.05) is 13.0 Å². The van der Waals surface area contributed by atoms with Crippen LogP contribution in [0.1, 0.15) is 12.5 Å². The molecular weight excluding hydrogens is 284 g/mol. The lowest BCUT2D eigenvalue weighted by Gasteiger charge is -2.14. The van der Waals surface area contributed by atoms with Crippen molar-refractivity contribution < 1.29 is 13.2 Å². The van der Waals surface area contributed by atoms with Gasteiger partial charge in [-0.3, -0.25) is 0 Å². The summed E-state index contributed by atoms with van der Waals surface area (Å²) in [5.41, 5.74) is 6.29. The fraction of sp³-hybridized carbons (Fsp3) is 0.500. The first-order valence-electron chi connectivity index (χ1n) is 5.84. The molecule has 0 aliphatic heterocycles. The van der Waals surface area contributed by atoms with E-state index in [0.29, 0.717) is 12.3 Å². The van der Waals surface area contributed by atoms with E-state index in [0.717, 1.165) is 5.56 Å². The summed E-state index contributed by atoms with van der Waals surface area (Å²) in [7, 11) is -2.14. The van der Waals surface area contributed by atoms with Crippen LogP contribution in [0, 0.1) is 0 Å². The maximum Gasteiger partial charge on any atom is 0.244 e. The van der Waals surface area contributed by atoms with Gasteiger partial charge < -0.3 is 10.5 Å². The van der Waals surface area contributed by atoms with Gasteiger partial charge in [0.25, 0.3) is 0 Å². The average Bonchev–Trinajstić information content (AvgIpc) is 2.43. The number of benzene rings is 1. The third-order valence-corrected chi connectivity index (χ3v) is 5.13. The highest BCUT2D eigenvalue weighted by Gasteiger charge is 2.20. The Morgan fingerprint density at radius 2 is 2.16 bits per heavy atom. The molecule has 0 aromatic heterocycles. The first-order chi connectivity index (χ1) is 8.94. The molecule has 0 aliphatic rings. The molecule has 0 bridgehead atoms. The van der Waals surface area contributed by atoms with Gasteiger partial charge in [-0.05, 0) is 24.0 Å². The van der Waals surface area contributed by atoms with E-state index in [2.05, 4.69) is 4.72 Å². The zero-order valence-electron chi connectivity index (χ0n) is 11.3. The van der Waals surface area contributed by atoms with Gasteiger partial charge in [0.2, 0.25) is 10.0 Å². The summed E-state index contributed by atoms with van der Waals surface area (Å²) < 4.78 is 32.2. The lowest BCUT2D eigenvalue weighted by molar-refractivity contribution is 0.402. The van der Waals surface area contributed by atoms with Crippen molar-refractivity contribution in [3.63, 3.8) is 0 Å². The second-order valence-electron chi connectivity index (χ2n) is 4.09. The molecule has 1 aromatic rings. The van der Waals surface area contributed by atoms with Crippen LogP contribution in [0.25, 0.3) is 0 Å². The second kappa shape index (κ2) is 7.14. The third-order valence-electron chi connectivity index (χ3n) is 2.72. The largest absolute Gasteiger partial charge is 0.495 e. The van der Waals surface area contributed by atoms with Crippen molar-refractivity contribution >= 4 is 21.8 Å². The third kappa shape index (κ3) is 4.38. The zero-order chi connectivity index (χ0) is 14.5. The predicted molar refractivity (Wildman–Crippen MR) is 79.1 cm³/mol. The molecule has 1 unspecified atom stereocenters.